The molecule has 4 N–H and O–H groups in total. The molecular formula is C20H27BrN4O5. The number of carboxylic acids is 1. The smallest absolute Gasteiger partial charge is 0.328 e. The maximum Gasteiger partial charge on any atom is 0.328 e. The highest BCUT2D eigenvalue weighted by Crippen LogP contribution is 2.25. The molecule has 0 unspecified atom stereocenters. The third-order valence-electron chi connectivity index (χ3n) is 5.46. The highest BCUT2D eigenvalue weighted by atomic mass is 79.9. The molecular weight excluding hydrogens is 456 g/mol. The van der Waals surface area contributed by atoms with Gasteiger partial charge in [0.05, 0.1) is 12.1 Å². The molecule has 2 heterocycles. The van der Waals surface area contributed by atoms with E-state index in [-0.39, 0.29) is 42.2 Å². The van der Waals surface area contributed by atoms with E-state index in [0.717, 1.165) is 10.6 Å². The lowest BCUT2D eigenvalue weighted by Gasteiger charge is -2.42. The molecule has 3 rings (SSSR count). The Labute approximate surface area is 185 Å². The average molecular weight is 483 g/mol. The Balaban J connectivity index is 0.00000320. The largest absolute Gasteiger partial charge is 0.480 e. The van der Waals surface area contributed by atoms with E-state index < -0.39 is 35.9 Å². The summed E-state index contributed by atoms with van der Waals surface area (Å²) in [5.41, 5.74) is 6.58. The van der Waals surface area contributed by atoms with Crippen molar-refractivity contribution >= 4 is 40.7 Å². The summed E-state index contributed by atoms with van der Waals surface area (Å²) < 4.78 is 0. The van der Waals surface area contributed by atoms with E-state index in [2.05, 4.69) is 5.32 Å². The summed E-state index contributed by atoms with van der Waals surface area (Å²) in [6.45, 7) is 0.314. The van der Waals surface area contributed by atoms with Crippen LogP contribution in [0.4, 0.5) is 0 Å². The van der Waals surface area contributed by atoms with Crippen LogP contribution in [0.1, 0.15) is 37.7 Å². The van der Waals surface area contributed by atoms with E-state index in [1.54, 1.807) is 0 Å². The van der Waals surface area contributed by atoms with Gasteiger partial charge in [0.15, 0.2) is 6.04 Å². The van der Waals surface area contributed by atoms with Crippen LogP contribution in [0.25, 0.3) is 0 Å². The first-order valence-electron chi connectivity index (χ1n) is 9.84. The quantitative estimate of drug-likeness (QED) is 0.521. The topological polar surface area (TPSA) is 133 Å². The normalized spacial score (nSPS) is 22.5. The minimum atomic E-state index is -1.15. The van der Waals surface area contributed by atoms with Crippen molar-refractivity contribution in [1.82, 2.24) is 15.3 Å². The molecule has 0 aromatic heterocycles. The van der Waals surface area contributed by atoms with Crippen LogP contribution >= 0.6 is 17.0 Å². The zero-order chi connectivity index (χ0) is 21.0. The molecule has 0 saturated carbocycles. The van der Waals surface area contributed by atoms with Gasteiger partial charge in [0.2, 0.25) is 11.8 Å². The molecule has 164 valence electrons. The number of primary amides is 1. The second-order valence-corrected chi connectivity index (χ2v) is 7.43. The van der Waals surface area contributed by atoms with Gasteiger partial charge in [-0.05, 0) is 37.7 Å². The minimum absolute atomic E-state index is 0. The number of nitrogens with one attached hydrogen (secondary N) is 1. The molecule has 2 aliphatic heterocycles. The number of aryl methyl sites for hydroxylation is 1. The maximum atomic E-state index is 13.1. The predicted molar refractivity (Wildman–Crippen MR) is 113 cm³/mol. The summed E-state index contributed by atoms with van der Waals surface area (Å²) in [6, 6.07) is 6.89. The Morgan fingerprint density at radius 2 is 1.90 bits per heavy atom. The van der Waals surface area contributed by atoms with Gasteiger partial charge in [-0.1, -0.05) is 30.3 Å². The lowest BCUT2D eigenvalue weighted by Crippen LogP contribution is -2.63. The van der Waals surface area contributed by atoms with Crippen LogP contribution in [0.2, 0.25) is 0 Å². The molecule has 10 heteroatoms. The van der Waals surface area contributed by atoms with E-state index in [1.807, 2.05) is 30.3 Å². The molecule has 1 aromatic carbocycles. The second-order valence-electron chi connectivity index (χ2n) is 7.43. The standard InChI is InChI=1S/C20H26N4O5.BrH/c21-18(26)14(9-8-13-5-2-1-3-6-13)22-15-10-11-17(25)23-12-4-7-16(20(28)29)24(23)19(15)27;/h1-3,5-6,14-16,22H,4,7-12H2,(H2,21,26)(H,28,29);1H/t14-,15-,16-;/m0./s1. The van der Waals surface area contributed by atoms with Crippen LogP contribution < -0.4 is 11.1 Å². The van der Waals surface area contributed by atoms with Crippen molar-refractivity contribution in [2.24, 2.45) is 5.73 Å². The molecule has 0 aliphatic carbocycles. The minimum Gasteiger partial charge on any atom is -0.480 e. The van der Waals surface area contributed by atoms with Crippen molar-refractivity contribution in [2.45, 2.75) is 56.7 Å². The number of carbonyl (C=O) groups is 4. The van der Waals surface area contributed by atoms with E-state index >= 15 is 0 Å². The number of benzene rings is 1. The van der Waals surface area contributed by atoms with E-state index in [4.69, 9.17) is 5.73 Å². The molecule has 2 saturated heterocycles. The highest BCUT2D eigenvalue weighted by molar-refractivity contribution is 8.93. The molecule has 0 radical (unpaired) electrons. The summed E-state index contributed by atoms with van der Waals surface area (Å²) in [5, 5.41) is 14.8. The van der Waals surface area contributed by atoms with Crippen LogP contribution in [0.5, 0.6) is 0 Å². The monoisotopic (exact) mass is 482 g/mol. The number of nitrogens with zero attached hydrogens (tertiary/aromatic N) is 2. The number of amides is 3. The molecule has 0 bridgehead atoms. The van der Waals surface area contributed by atoms with Crippen molar-refractivity contribution in [3.05, 3.63) is 35.9 Å². The van der Waals surface area contributed by atoms with Gasteiger partial charge in [0, 0.05) is 13.0 Å². The summed E-state index contributed by atoms with van der Waals surface area (Å²) in [7, 11) is 0. The Hall–Kier alpha value is -2.46. The molecule has 3 amide bonds. The third kappa shape index (κ3) is 5.37. The Bertz CT molecular complexity index is 791. The fourth-order valence-electron chi connectivity index (χ4n) is 3.92. The summed E-state index contributed by atoms with van der Waals surface area (Å²) in [4.78, 5) is 49.2. The first-order chi connectivity index (χ1) is 13.9. The number of carboxylic acid groups (broad SMARTS) is 1. The summed E-state index contributed by atoms with van der Waals surface area (Å²) in [6.07, 6.45) is 2.07. The van der Waals surface area contributed by atoms with Crippen LogP contribution in [-0.4, -0.2) is 63.5 Å². The zero-order valence-electron chi connectivity index (χ0n) is 16.5. The van der Waals surface area contributed by atoms with Gasteiger partial charge < -0.3 is 10.8 Å². The molecule has 9 nitrogen and oxygen atoms in total. The Kier molecular flexibility index (Phi) is 8.36. The number of aliphatic carboxylic acids is 1. The van der Waals surface area contributed by atoms with Gasteiger partial charge in [0.1, 0.15) is 0 Å². The molecule has 3 atom stereocenters. The second kappa shape index (κ2) is 10.5. The van der Waals surface area contributed by atoms with Crippen molar-refractivity contribution in [2.75, 3.05) is 6.54 Å². The first-order valence-corrected chi connectivity index (χ1v) is 9.84. The molecule has 2 aliphatic rings. The van der Waals surface area contributed by atoms with Crippen LogP contribution in [-0.2, 0) is 25.6 Å². The number of hydrazine groups is 1. The van der Waals surface area contributed by atoms with Gasteiger partial charge >= 0.3 is 5.97 Å². The van der Waals surface area contributed by atoms with Crippen molar-refractivity contribution in [3.63, 3.8) is 0 Å². The van der Waals surface area contributed by atoms with Crippen molar-refractivity contribution in [3.8, 4) is 0 Å². The van der Waals surface area contributed by atoms with Gasteiger partial charge in [-0.3, -0.25) is 24.7 Å². The van der Waals surface area contributed by atoms with Crippen molar-refractivity contribution < 1.29 is 24.3 Å². The first kappa shape index (κ1) is 23.8. The van der Waals surface area contributed by atoms with E-state index in [9.17, 15) is 24.3 Å². The average Bonchev–Trinajstić information content (AvgIpc) is 2.83. The van der Waals surface area contributed by atoms with E-state index in [1.165, 1.54) is 5.01 Å². The zero-order valence-corrected chi connectivity index (χ0v) is 18.2. The lowest BCUT2D eigenvalue weighted by atomic mass is 10.0. The number of rotatable bonds is 7. The predicted octanol–water partition coefficient (Wildman–Crippen LogP) is 0.622. The number of nitrogens with two attached hydrogens (primary N) is 1. The number of carbonyl (C=O) groups excluding carboxylic acids is 3. The number of halogens is 1. The van der Waals surface area contributed by atoms with Crippen LogP contribution in [0.3, 0.4) is 0 Å². The summed E-state index contributed by atoms with van der Waals surface area (Å²) >= 11 is 0. The Morgan fingerprint density at radius 1 is 1.20 bits per heavy atom. The molecule has 1 aromatic rings. The van der Waals surface area contributed by atoms with Crippen LogP contribution in [0.15, 0.2) is 30.3 Å². The molecule has 2 fully saturated rings. The fraction of sp³-hybridized carbons (Fsp3) is 0.500. The van der Waals surface area contributed by atoms with Gasteiger partial charge in [-0.25, -0.2) is 9.80 Å². The number of fused-ring (bicyclic) bond motifs is 1. The number of hydrogen-bond acceptors (Lipinski definition) is 5. The van der Waals surface area contributed by atoms with Crippen molar-refractivity contribution in [1.29, 1.82) is 0 Å². The maximum absolute atomic E-state index is 13.1. The van der Waals surface area contributed by atoms with Gasteiger partial charge in [-0.15, -0.1) is 17.0 Å². The van der Waals surface area contributed by atoms with Crippen LogP contribution in [0, 0.1) is 0 Å². The van der Waals surface area contributed by atoms with Gasteiger partial charge in [0.25, 0.3) is 5.91 Å². The Morgan fingerprint density at radius 3 is 2.53 bits per heavy atom. The SMILES string of the molecule is Br.NC(=O)[C@H](CCc1ccccc1)N[C@H]1CCC(=O)N2CCC[C@@H](C(=O)O)N2C1=O. The molecule has 30 heavy (non-hydrogen) atoms. The molecule has 0 spiro atoms. The third-order valence-corrected chi connectivity index (χ3v) is 5.46. The number of hydrogen-bond donors (Lipinski definition) is 3. The van der Waals surface area contributed by atoms with E-state index in [0.29, 0.717) is 25.8 Å². The highest BCUT2D eigenvalue weighted by Gasteiger charge is 2.44. The van der Waals surface area contributed by atoms with Gasteiger partial charge in [-0.2, -0.15) is 0 Å². The fourth-order valence-corrected chi connectivity index (χ4v) is 3.92. The lowest BCUT2D eigenvalue weighted by molar-refractivity contribution is -0.181. The summed E-state index contributed by atoms with van der Waals surface area (Å²) in [5.74, 6) is -2.52.